The van der Waals surface area contributed by atoms with Crippen molar-refractivity contribution in [3.63, 3.8) is 0 Å². The van der Waals surface area contributed by atoms with Gasteiger partial charge in [-0.2, -0.15) is 5.10 Å². The van der Waals surface area contributed by atoms with Crippen LogP contribution < -0.4 is 5.73 Å². The van der Waals surface area contributed by atoms with Crippen molar-refractivity contribution in [2.24, 2.45) is 5.73 Å². The fourth-order valence-corrected chi connectivity index (χ4v) is 1.70. The van der Waals surface area contributed by atoms with Gasteiger partial charge < -0.3 is 10.8 Å². The molecule has 0 saturated carbocycles. The zero-order valence-electron chi connectivity index (χ0n) is 8.95. The van der Waals surface area contributed by atoms with E-state index in [0.717, 1.165) is 11.3 Å². The Bertz CT molecular complexity index is 439. The summed E-state index contributed by atoms with van der Waals surface area (Å²) in [6.45, 7) is 0.467. The van der Waals surface area contributed by atoms with Gasteiger partial charge in [0.05, 0.1) is 11.8 Å². The van der Waals surface area contributed by atoms with Crippen LogP contribution in [-0.4, -0.2) is 21.4 Å². The topological polar surface area (TPSA) is 64.1 Å². The summed E-state index contributed by atoms with van der Waals surface area (Å²) < 4.78 is 1.75. The van der Waals surface area contributed by atoms with Crippen LogP contribution in [0.5, 0.6) is 0 Å². The number of benzene rings is 1. The third-order valence-corrected chi connectivity index (χ3v) is 2.49. The van der Waals surface area contributed by atoms with E-state index < -0.39 is 6.10 Å². The number of rotatable bonds is 4. The largest absolute Gasteiger partial charge is 0.388 e. The normalized spacial score (nSPS) is 12.6. The Hall–Kier alpha value is -1.65. The highest BCUT2D eigenvalue weighted by atomic mass is 16.3. The average Bonchev–Trinajstić information content (AvgIpc) is 2.83. The van der Waals surface area contributed by atoms with Crippen molar-refractivity contribution in [3.8, 4) is 5.69 Å². The van der Waals surface area contributed by atoms with Crippen LogP contribution in [0.1, 0.15) is 18.1 Å². The average molecular weight is 217 g/mol. The van der Waals surface area contributed by atoms with Gasteiger partial charge in [0.2, 0.25) is 0 Å². The number of nitrogens with two attached hydrogens (primary N) is 1. The van der Waals surface area contributed by atoms with E-state index in [1.807, 2.05) is 36.5 Å². The maximum atomic E-state index is 9.98. The van der Waals surface area contributed by atoms with Crippen molar-refractivity contribution in [1.29, 1.82) is 0 Å². The molecule has 4 nitrogen and oxygen atoms in total. The molecular weight excluding hydrogens is 202 g/mol. The lowest BCUT2D eigenvalue weighted by molar-refractivity contribution is 0.170. The Morgan fingerprint density at radius 3 is 2.81 bits per heavy atom. The molecular formula is C12H15N3O. The zero-order valence-corrected chi connectivity index (χ0v) is 8.95. The molecule has 2 aromatic rings. The minimum absolute atomic E-state index is 0.467. The lowest BCUT2D eigenvalue weighted by atomic mass is 10.0. The van der Waals surface area contributed by atoms with Crippen LogP contribution in [0.2, 0.25) is 0 Å². The molecule has 16 heavy (non-hydrogen) atoms. The van der Waals surface area contributed by atoms with Gasteiger partial charge in [0.25, 0.3) is 0 Å². The molecule has 0 saturated heterocycles. The lowest BCUT2D eigenvalue weighted by Gasteiger charge is -2.14. The fraction of sp³-hybridized carbons (Fsp3) is 0.250. The first kappa shape index (κ1) is 10.9. The van der Waals surface area contributed by atoms with Gasteiger partial charge in [0.15, 0.2) is 0 Å². The second kappa shape index (κ2) is 4.92. The Labute approximate surface area is 94.3 Å². The van der Waals surface area contributed by atoms with Crippen LogP contribution in [0.3, 0.4) is 0 Å². The SMILES string of the molecule is NCC[C@@H](O)c1ccccc1-n1cccn1. The van der Waals surface area contributed by atoms with E-state index in [9.17, 15) is 5.11 Å². The molecule has 1 heterocycles. The molecule has 1 aromatic carbocycles. The van der Waals surface area contributed by atoms with Gasteiger partial charge in [-0.15, -0.1) is 0 Å². The third kappa shape index (κ3) is 2.13. The van der Waals surface area contributed by atoms with Gasteiger partial charge in [-0.05, 0) is 25.1 Å². The molecule has 0 aliphatic carbocycles. The van der Waals surface area contributed by atoms with Crippen LogP contribution in [-0.2, 0) is 0 Å². The second-order valence-electron chi connectivity index (χ2n) is 3.60. The summed E-state index contributed by atoms with van der Waals surface area (Å²) in [4.78, 5) is 0. The minimum atomic E-state index is -0.537. The third-order valence-electron chi connectivity index (χ3n) is 2.49. The Morgan fingerprint density at radius 2 is 2.12 bits per heavy atom. The molecule has 0 radical (unpaired) electrons. The monoisotopic (exact) mass is 217 g/mol. The van der Waals surface area contributed by atoms with Crippen molar-refractivity contribution < 1.29 is 5.11 Å². The van der Waals surface area contributed by atoms with E-state index in [2.05, 4.69) is 5.10 Å². The van der Waals surface area contributed by atoms with Gasteiger partial charge in [0.1, 0.15) is 0 Å². The van der Waals surface area contributed by atoms with Crippen LogP contribution in [0.25, 0.3) is 5.69 Å². The molecule has 1 atom stereocenters. The first-order valence-corrected chi connectivity index (χ1v) is 5.30. The number of aliphatic hydroxyl groups excluding tert-OH is 1. The Balaban J connectivity index is 2.38. The second-order valence-corrected chi connectivity index (χ2v) is 3.60. The van der Waals surface area contributed by atoms with Crippen molar-refractivity contribution in [3.05, 3.63) is 48.3 Å². The van der Waals surface area contributed by atoms with Crippen molar-refractivity contribution >= 4 is 0 Å². The summed E-state index contributed by atoms with van der Waals surface area (Å²) in [6.07, 6.45) is 3.59. The molecule has 3 N–H and O–H groups in total. The van der Waals surface area contributed by atoms with E-state index in [4.69, 9.17) is 5.73 Å². The molecule has 0 fully saturated rings. The van der Waals surface area contributed by atoms with Gasteiger partial charge in [-0.3, -0.25) is 0 Å². The summed E-state index contributed by atoms with van der Waals surface area (Å²) in [5.74, 6) is 0. The smallest absolute Gasteiger partial charge is 0.0823 e. The van der Waals surface area contributed by atoms with Crippen molar-refractivity contribution in [2.45, 2.75) is 12.5 Å². The first-order chi connectivity index (χ1) is 7.83. The van der Waals surface area contributed by atoms with Crippen LogP contribution in [0, 0.1) is 0 Å². The Morgan fingerprint density at radius 1 is 1.31 bits per heavy atom. The molecule has 0 amide bonds. The van der Waals surface area contributed by atoms with E-state index in [1.165, 1.54) is 0 Å². The highest BCUT2D eigenvalue weighted by Crippen LogP contribution is 2.22. The van der Waals surface area contributed by atoms with E-state index >= 15 is 0 Å². The fourth-order valence-electron chi connectivity index (χ4n) is 1.70. The summed E-state index contributed by atoms with van der Waals surface area (Å²) >= 11 is 0. The maximum absolute atomic E-state index is 9.98. The molecule has 4 heteroatoms. The molecule has 84 valence electrons. The van der Waals surface area contributed by atoms with Gasteiger partial charge in [0, 0.05) is 18.0 Å². The molecule has 0 bridgehead atoms. The number of hydrogen-bond acceptors (Lipinski definition) is 3. The van der Waals surface area contributed by atoms with Crippen molar-refractivity contribution in [1.82, 2.24) is 9.78 Å². The lowest BCUT2D eigenvalue weighted by Crippen LogP contribution is -2.10. The Kier molecular flexibility index (Phi) is 3.34. The van der Waals surface area contributed by atoms with Crippen LogP contribution in [0.4, 0.5) is 0 Å². The molecule has 0 aliphatic heterocycles. The highest BCUT2D eigenvalue weighted by Gasteiger charge is 2.12. The highest BCUT2D eigenvalue weighted by molar-refractivity contribution is 5.41. The molecule has 0 aliphatic rings. The standard InChI is InChI=1S/C12H15N3O/c13-7-6-12(16)10-4-1-2-5-11(10)15-9-3-8-14-15/h1-5,8-9,12,16H,6-7,13H2/t12-/m1/s1. The summed E-state index contributed by atoms with van der Waals surface area (Å²) in [6, 6.07) is 9.52. The van der Waals surface area contributed by atoms with Crippen LogP contribution >= 0.6 is 0 Å². The molecule has 0 unspecified atom stereocenters. The number of aromatic nitrogens is 2. The predicted octanol–water partition coefficient (Wildman–Crippen LogP) is 1.25. The number of hydrogen-bond donors (Lipinski definition) is 2. The molecule has 2 rings (SSSR count). The number of nitrogens with zero attached hydrogens (tertiary/aromatic N) is 2. The quantitative estimate of drug-likeness (QED) is 0.810. The predicted molar refractivity (Wildman–Crippen MR) is 62.2 cm³/mol. The molecule has 1 aromatic heterocycles. The molecule has 0 spiro atoms. The summed E-state index contributed by atoms with van der Waals surface area (Å²) in [5, 5.41) is 14.1. The van der Waals surface area contributed by atoms with E-state index in [0.29, 0.717) is 13.0 Å². The van der Waals surface area contributed by atoms with E-state index in [-0.39, 0.29) is 0 Å². The van der Waals surface area contributed by atoms with Crippen molar-refractivity contribution in [2.75, 3.05) is 6.54 Å². The van der Waals surface area contributed by atoms with Crippen LogP contribution in [0.15, 0.2) is 42.7 Å². The maximum Gasteiger partial charge on any atom is 0.0823 e. The summed E-state index contributed by atoms with van der Waals surface area (Å²) in [7, 11) is 0. The first-order valence-electron chi connectivity index (χ1n) is 5.30. The van der Waals surface area contributed by atoms with Gasteiger partial charge in [-0.25, -0.2) is 4.68 Å². The van der Waals surface area contributed by atoms with Gasteiger partial charge >= 0.3 is 0 Å². The minimum Gasteiger partial charge on any atom is -0.388 e. The van der Waals surface area contributed by atoms with E-state index in [1.54, 1.807) is 10.9 Å². The zero-order chi connectivity index (χ0) is 11.4. The number of aliphatic hydroxyl groups is 1. The number of para-hydroxylation sites is 1. The van der Waals surface area contributed by atoms with Gasteiger partial charge in [-0.1, -0.05) is 18.2 Å². The summed E-state index contributed by atoms with van der Waals surface area (Å²) in [5.41, 5.74) is 7.21.